The minimum Gasteiger partial charge on any atom is -0.227 e. The van der Waals surface area contributed by atoms with Crippen molar-refractivity contribution >= 4 is 0 Å². The molecule has 0 spiro atoms. The number of quaternary nitrogens is 1. The second-order valence-electron chi connectivity index (χ2n) is 2.59. The van der Waals surface area contributed by atoms with Gasteiger partial charge in [-0.3, -0.25) is 0 Å². The maximum Gasteiger partial charge on any atom is 0.195 e. The van der Waals surface area contributed by atoms with Gasteiger partial charge in [0.15, 0.2) is 6.67 Å². The molecule has 0 aromatic carbocycles. The van der Waals surface area contributed by atoms with Crippen LogP contribution in [0.5, 0.6) is 0 Å². The lowest BCUT2D eigenvalue weighted by atomic mass is 10.8. The van der Waals surface area contributed by atoms with Gasteiger partial charge in [-0.2, -0.15) is 0 Å². The molecule has 42 valence electrons. The first-order valence-electron chi connectivity index (χ1n) is 2.75. The summed E-state index contributed by atoms with van der Waals surface area (Å²) < 4.78 is 1.09. The molecule has 2 heteroatoms. The van der Waals surface area contributed by atoms with E-state index >= 15 is 0 Å². The molecule has 1 fully saturated rings. The van der Waals surface area contributed by atoms with Gasteiger partial charge < -0.3 is 0 Å². The van der Waals surface area contributed by atoms with Crippen LogP contribution in [0.3, 0.4) is 0 Å². The predicted octanol–water partition coefficient (Wildman–Crippen LogP) is 0.271. The highest BCUT2D eigenvalue weighted by molar-refractivity contribution is 4.42. The molecule has 0 saturated carbocycles. The standard InChI is InChI=1S/C5H13N2/c1-4-6-5-7(6,2)3/h4-5H2,1-3H3/q+1. The highest BCUT2D eigenvalue weighted by atomic mass is 15.9. The molecule has 1 heterocycles. The zero-order valence-electron chi connectivity index (χ0n) is 5.31. The summed E-state index contributed by atoms with van der Waals surface area (Å²) in [6.07, 6.45) is 0. The zero-order valence-corrected chi connectivity index (χ0v) is 5.31. The van der Waals surface area contributed by atoms with Crippen molar-refractivity contribution in [2.75, 3.05) is 27.3 Å². The lowest BCUT2D eigenvalue weighted by Crippen LogP contribution is -2.19. The van der Waals surface area contributed by atoms with Crippen LogP contribution >= 0.6 is 0 Å². The van der Waals surface area contributed by atoms with Gasteiger partial charge in [0.25, 0.3) is 0 Å². The molecule has 0 aromatic rings. The maximum atomic E-state index is 2.38. The number of rotatable bonds is 1. The molecular formula is C5H13N2+. The SMILES string of the molecule is CCN1C[N+]1(C)C. The second kappa shape index (κ2) is 1.20. The van der Waals surface area contributed by atoms with Gasteiger partial charge in [-0.25, -0.2) is 4.59 Å². The topological polar surface area (TPSA) is 3.01 Å². The first-order valence-corrected chi connectivity index (χ1v) is 2.75. The van der Waals surface area contributed by atoms with Crippen LogP contribution in [0.4, 0.5) is 0 Å². The molecule has 1 aliphatic heterocycles. The fourth-order valence-corrected chi connectivity index (χ4v) is 0.854. The van der Waals surface area contributed by atoms with E-state index in [0.717, 1.165) is 4.59 Å². The Morgan fingerprint density at radius 1 is 1.57 bits per heavy atom. The lowest BCUT2D eigenvalue weighted by molar-refractivity contribution is -0.826. The fraction of sp³-hybridized carbons (Fsp3) is 1.00. The smallest absolute Gasteiger partial charge is 0.195 e. The summed E-state index contributed by atoms with van der Waals surface area (Å²) in [5.41, 5.74) is 0. The average molecular weight is 101 g/mol. The normalized spacial score (nSPS) is 35.6. The van der Waals surface area contributed by atoms with Gasteiger partial charge in [-0.15, -0.1) is 0 Å². The van der Waals surface area contributed by atoms with Gasteiger partial charge in [-0.05, 0) is 6.92 Å². The monoisotopic (exact) mass is 101 g/mol. The van der Waals surface area contributed by atoms with E-state index in [-0.39, 0.29) is 0 Å². The Morgan fingerprint density at radius 3 is 2.00 bits per heavy atom. The van der Waals surface area contributed by atoms with Crippen molar-refractivity contribution in [3.05, 3.63) is 0 Å². The molecule has 0 N–H and O–H groups in total. The Kier molecular flexibility index (Phi) is 0.869. The van der Waals surface area contributed by atoms with Crippen molar-refractivity contribution < 1.29 is 4.59 Å². The Bertz CT molecular complexity index is 78.1. The Morgan fingerprint density at radius 2 is 2.00 bits per heavy atom. The van der Waals surface area contributed by atoms with E-state index in [4.69, 9.17) is 0 Å². The van der Waals surface area contributed by atoms with Crippen LogP contribution in [0.1, 0.15) is 6.92 Å². The highest BCUT2D eigenvalue weighted by Crippen LogP contribution is 2.19. The maximum absolute atomic E-state index is 2.38. The summed E-state index contributed by atoms with van der Waals surface area (Å²) in [4.78, 5) is 0. The van der Waals surface area contributed by atoms with Gasteiger partial charge >= 0.3 is 0 Å². The molecule has 1 saturated heterocycles. The van der Waals surface area contributed by atoms with Crippen LogP contribution in [0, 0.1) is 0 Å². The van der Waals surface area contributed by atoms with E-state index in [1.54, 1.807) is 0 Å². The molecule has 1 rings (SSSR count). The summed E-state index contributed by atoms with van der Waals surface area (Å²) in [5, 5.41) is 2.38. The third-order valence-corrected chi connectivity index (χ3v) is 1.55. The molecule has 0 aromatic heterocycles. The van der Waals surface area contributed by atoms with Gasteiger partial charge in [0.05, 0.1) is 20.6 Å². The van der Waals surface area contributed by atoms with Gasteiger partial charge in [-0.1, -0.05) is 5.01 Å². The Balaban J connectivity index is 2.30. The number of hydrogen-bond acceptors (Lipinski definition) is 1. The van der Waals surface area contributed by atoms with Crippen LogP contribution in [0.2, 0.25) is 0 Å². The molecule has 1 atom stereocenters. The summed E-state index contributed by atoms with van der Waals surface area (Å²) in [5.74, 6) is 0. The van der Waals surface area contributed by atoms with Gasteiger partial charge in [0.1, 0.15) is 0 Å². The third kappa shape index (κ3) is 0.763. The van der Waals surface area contributed by atoms with Crippen LogP contribution in [-0.2, 0) is 0 Å². The van der Waals surface area contributed by atoms with Crippen molar-refractivity contribution in [2.24, 2.45) is 0 Å². The van der Waals surface area contributed by atoms with E-state index in [1.165, 1.54) is 13.2 Å². The molecule has 1 aliphatic rings. The van der Waals surface area contributed by atoms with Crippen molar-refractivity contribution in [3.8, 4) is 0 Å². The molecule has 0 amide bonds. The van der Waals surface area contributed by atoms with E-state index in [2.05, 4.69) is 26.0 Å². The van der Waals surface area contributed by atoms with E-state index < -0.39 is 0 Å². The Hall–Kier alpha value is -0.0800. The highest BCUT2D eigenvalue weighted by Gasteiger charge is 2.42. The summed E-state index contributed by atoms with van der Waals surface area (Å²) in [6, 6.07) is 0. The minimum atomic E-state index is 1.09. The van der Waals surface area contributed by atoms with Crippen molar-refractivity contribution in [2.45, 2.75) is 6.92 Å². The first-order chi connectivity index (χ1) is 3.17. The van der Waals surface area contributed by atoms with Gasteiger partial charge in [0, 0.05) is 0 Å². The lowest BCUT2D eigenvalue weighted by Gasteiger charge is -2.00. The van der Waals surface area contributed by atoms with Crippen molar-refractivity contribution in [1.29, 1.82) is 0 Å². The zero-order chi connectivity index (χ0) is 5.49. The quantitative estimate of drug-likeness (QED) is 0.338. The predicted molar refractivity (Wildman–Crippen MR) is 29.4 cm³/mol. The molecular weight excluding hydrogens is 88.1 g/mol. The first kappa shape index (κ1) is 5.06. The molecule has 7 heavy (non-hydrogen) atoms. The molecule has 0 radical (unpaired) electrons. The molecule has 1 unspecified atom stereocenters. The van der Waals surface area contributed by atoms with Gasteiger partial charge in [0.2, 0.25) is 0 Å². The third-order valence-electron chi connectivity index (χ3n) is 1.55. The minimum absolute atomic E-state index is 1.09. The number of nitrogens with zero attached hydrogens (tertiary/aromatic N) is 2. The average Bonchev–Trinajstić information content (AvgIpc) is 2.13. The molecule has 2 nitrogen and oxygen atoms in total. The van der Waals surface area contributed by atoms with E-state index in [0.29, 0.717) is 0 Å². The summed E-state index contributed by atoms with van der Waals surface area (Å²) in [7, 11) is 4.42. The fourth-order valence-electron chi connectivity index (χ4n) is 0.854. The Labute approximate surface area is 44.9 Å². The second-order valence-corrected chi connectivity index (χ2v) is 2.59. The van der Waals surface area contributed by atoms with Crippen LogP contribution in [-0.4, -0.2) is 36.9 Å². The van der Waals surface area contributed by atoms with Crippen LogP contribution in [0.15, 0.2) is 0 Å². The largest absolute Gasteiger partial charge is 0.227 e. The van der Waals surface area contributed by atoms with Crippen LogP contribution in [0.25, 0.3) is 0 Å². The van der Waals surface area contributed by atoms with E-state index in [9.17, 15) is 0 Å². The molecule has 0 aliphatic carbocycles. The van der Waals surface area contributed by atoms with E-state index in [1.807, 2.05) is 0 Å². The van der Waals surface area contributed by atoms with Crippen LogP contribution < -0.4 is 0 Å². The van der Waals surface area contributed by atoms with Crippen molar-refractivity contribution in [3.63, 3.8) is 0 Å². The van der Waals surface area contributed by atoms with Crippen molar-refractivity contribution in [1.82, 2.24) is 5.01 Å². The summed E-state index contributed by atoms with van der Waals surface area (Å²) in [6.45, 7) is 4.61. The summed E-state index contributed by atoms with van der Waals surface area (Å²) >= 11 is 0. The molecule has 0 bridgehead atoms. The number of hydrogen-bond donors (Lipinski definition) is 0.